The van der Waals surface area contributed by atoms with Gasteiger partial charge in [0.2, 0.25) is 0 Å². The zero-order valence-electron chi connectivity index (χ0n) is 10.4. The van der Waals surface area contributed by atoms with Crippen LogP contribution in [0.15, 0.2) is 16.5 Å². The van der Waals surface area contributed by atoms with E-state index in [4.69, 9.17) is 14.9 Å². The fourth-order valence-electron chi connectivity index (χ4n) is 1.61. The van der Waals surface area contributed by atoms with Crippen LogP contribution >= 0.6 is 0 Å². The highest BCUT2D eigenvalue weighted by Crippen LogP contribution is 2.08. The molecule has 0 spiro atoms. The molecule has 0 bridgehead atoms. The van der Waals surface area contributed by atoms with Crippen molar-refractivity contribution in [2.24, 2.45) is 5.73 Å². The van der Waals surface area contributed by atoms with Gasteiger partial charge in [-0.1, -0.05) is 13.3 Å². The molecule has 5 heteroatoms. The molecule has 0 aliphatic carbocycles. The SMILES string of the molecule is CCCC(COC)NC(=O)c1ccc(CN)o1. The molecule has 1 atom stereocenters. The molecule has 1 heterocycles. The monoisotopic (exact) mass is 240 g/mol. The number of rotatable bonds is 7. The summed E-state index contributed by atoms with van der Waals surface area (Å²) >= 11 is 0. The van der Waals surface area contributed by atoms with Gasteiger partial charge in [-0.25, -0.2) is 0 Å². The molecule has 3 N–H and O–H groups in total. The van der Waals surface area contributed by atoms with E-state index in [0.29, 0.717) is 24.7 Å². The maximum absolute atomic E-state index is 11.8. The van der Waals surface area contributed by atoms with Crippen molar-refractivity contribution >= 4 is 5.91 Å². The van der Waals surface area contributed by atoms with Crippen molar-refractivity contribution in [2.75, 3.05) is 13.7 Å². The summed E-state index contributed by atoms with van der Waals surface area (Å²) in [6, 6.07) is 3.36. The van der Waals surface area contributed by atoms with Crippen LogP contribution in [0.25, 0.3) is 0 Å². The van der Waals surface area contributed by atoms with Gasteiger partial charge in [-0.05, 0) is 18.6 Å². The molecule has 0 aliphatic rings. The lowest BCUT2D eigenvalue weighted by Crippen LogP contribution is -2.37. The summed E-state index contributed by atoms with van der Waals surface area (Å²) in [5.74, 6) is 0.678. The van der Waals surface area contributed by atoms with Gasteiger partial charge in [0, 0.05) is 7.11 Å². The number of carbonyl (C=O) groups is 1. The molecule has 0 fully saturated rings. The summed E-state index contributed by atoms with van der Waals surface area (Å²) in [6.07, 6.45) is 1.87. The van der Waals surface area contributed by atoms with Gasteiger partial charge in [0.1, 0.15) is 5.76 Å². The molecule has 0 radical (unpaired) electrons. The van der Waals surface area contributed by atoms with Gasteiger partial charge in [0.25, 0.3) is 5.91 Å². The molecule has 0 saturated carbocycles. The number of nitrogens with two attached hydrogens (primary N) is 1. The smallest absolute Gasteiger partial charge is 0.287 e. The second-order valence-electron chi connectivity index (χ2n) is 3.88. The maximum Gasteiger partial charge on any atom is 0.287 e. The first-order valence-electron chi connectivity index (χ1n) is 5.79. The second kappa shape index (κ2) is 7.09. The summed E-state index contributed by atoms with van der Waals surface area (Å²) in [6.45, 7) is 2.86. The Kier molecular flexibility index (Phi) is 5.72. The molecule has 0 saturated heterocycles. The molecule has 5 nitrogen and oxygen atoms in total. The third-order valence-corrected chi connectivity index (χ3v) is 2.43. The lowest BCUT2D eigenvalue weighted by molar-refractivity contribution is 0.0862. The molecule has 1 amide bonds. The lowest BCUT2D eigenvalue weighted by Gasteiger charge is -2.16. The van der Waals surface area contributed by atoms with E-state index in [0.717, 1.165) is 12.8 Å². The minimum atomic E-state index is -0.222. The van der Waals surface area contributed by atoms with Crippen molar-refractivity contribution in [1.82, 2.24) is 5.32 Å². The van der Waals surface area contributed by atoms with Gasteiger partial charge < -0.3 is 20.2 Å². The Bertz CT molecular complexity index is 343. The van der Waals surface area contributed by atoms with Crippen LogP contribution in [0.4, 0.5) is 0 Å². The van der Waals surface area contributed by atoms with Crippen LogP contribution in [-0.2, 0) is 11.3 Å². The highest BCUT2D eigenvalue weighted by molar-refractivity contribution is 5.91. The molecule has 0 aromatic carbocycles. The van der Waals surface area contributed by atoms with Crippen LogP contribution in [0, 0.1) is 0 Å². The second-order valence-corrected chi connectivity index (χ2v) is 3.88. The average Bonchev–Trinajstić information content (AvgIpc) is 2.78. The van der Waals surface area contributed by atoms with Crippen LogP contribution in [0.3, 0.4) is 0 Å². The first kappa shape index (κ1) is 13.7. The predicted molar refractivity (Wildman–Crippen MR) is 64.6 cm³/mol. The number of nitrogens with one attached hydrogen (secondary N) is 1. The first-order chi connectivity index (χ1) is 8.21. The Balaban J connectivity index is 2.56. The molecule has 1 aromatic rings. The van der Waals surface area contributed by atoms with Gasteiger partial charge in [-0.3, -0.25) is 4.79 Å². The van der Waals surface area contributed by atoms with Crippen molar-refractivity contribution < 1.29 is 13.9 Å². The van der Waals surface area contributed by atoms with E-state index in [1.54, 1.807) is 19.2 Å². The minimum absolute atomic E-state index is 0.0175. The van der Waals surface area contributed by atoms with Gasteiger partial charge in [0.15, 0.2) is 5.76 Å². The van der Waals surface area contributed by atoms with E-state index in [1.807, 2.05) is 0 Å². The van der Waals surface area contributed by atoms with E-state index in [2.05, 4.69) is 12.2 Å². The van der Waals surface area contributed by atoms with Crippen LogP contribution in [0.1, 0.15) is 36.1 Å². The molecule has 1 unspecified atom stereocenters. The van der Waals surface area contributed by atoms with Crippen molar-refractivity contribution in [2.45, 2.75) is 32.4 Å². The van der Waals surface area contributed by atoms with Gasteiger partial charge in [-0.15, -0.1) is 0 Å². The largest absolute Gasteiger partial charge is 0.455 e. The molecular weight excluding hydrogens is 220 g/mol. The fourth-order valence-corrected chi connectivity index (χ4v) is 1.61. The molecule has 1 aromatic heterocycles. The number of furan rings is 1. The first-order valence-corrected chi connectivity index (χ1v) is 5.79. The zero-order valence-corrected chi connectivity index (χ0v) is 10.4. The highest BCUT2D eigenvalue weighted by atomic mass is 16.5. The summed E-state index contributed by atoms with van der Waals surface area (Å²) in [5, 5.41) is 2.87. The number of carbonyl (C=O) groups excluding carboxylic acids is 1. The van der Waals surface area contributed by atoms with Crippen LogP contribution in [0.5, 0.6) is 0 Å². The van der Waals surface area contributed by atoms with Crippen LogP contribution in [-0.4, -0.2) is 25.7 Å². The van der Waals surface area contributed by atoms with Crippen LogP contribution in [0.2, 0.25) is 0 Å². The number of ether oxygens (including phenoxy) is 1. The normalized spacial score (nSPS) is 12.4. The van der Waals surface area contributed by atoms with Gasteiger partial charge >= 0.3 is 0 Å². The lowest BCUT2D eigenvalue weighted by atomic mass is 10.2. The third-order valence-electron chi connectivity index (χ3n) is 2.43. The number of methoxy groups -OCH3 is 1. The summed E-state index contributed by atoms with van der Waals surface area (Å²) < 4.78 is 10.3. The average molecular weight is 240 g/mol. The Hall–Kier alpha value is -1.33. The summed E-state index contributed by atoms with van der Waals surface area (Å²) in [7, 11) is 1.62. The Morgan fingerprint density at radius 2 is 2.35 bits per heavy atom. The summed E-state index contributed by atoms with van der Waals surface area (Å²) in [5.41, 5.74) is 5.41. The van der Waals surface area contributed by atoms with E-state index < -0.39 is 0 Å². The van der Waals surface area contributed by atoms with E-state index in [9.17, 15) is 4.79 Å². The van der Waals surface area contributed by atoms with E-state index in [1.165, 1.54) is 0 Å². The van der Waals surface area contributed by atoms with Gasteiger partial charge in [0.05, 0.1) is 19.2 Å². The zero-order chi connectivity index (χ0) is 12.7. The van der Waals surface area contributed by atoms with Crippen LogP contribution < -0.4 is 11.1 Å². The number of amides is 1. The minimum Gasteiger partial charge on any atom is -0.455 e. The van der Waals surface area contributed by atoms with Crippen molar-refractivity contribution in [3.8, 4) is 0 Å². The Morgan fingerprint density at radius 1 is 1.59 bits per heavy atom. The molecule has 17 heavy (non-hydrogen) atoms. The Labute approximate surface area is 101 Å². The highest BCUT2D eigenvalue weighted by Gasteiger charge is 2.15. The van der Waals surface area contributed by atoms with E-state index >= 15 is 0 Å². The van der Waals surface area contributed by atoms with Crippen molar-refractivity contribution in [3.05, 3.63) is 23.7 Å². The fraction of sp³-hybridized carbons (Fsp3) is 0.583. The topological polar surface area (TPSA) is 77.5 Å². The molecular formula is C12H20N2O3. The standard InChI is InChI=1S/C12H20N2O3/c1-3-4-9(8-16-2)14-12(15)11-6-5-10(7-13)17-11/h5-6,9H,3-4,7-8,13H2,1-2H3,(H,14,15). The summed E-state index contributed by atoms with van der Waals surface area (Å²) in [4.78, 5) is 11.8. The molecule has 1 rings (SSSR count). The third kappa shape index (κ3) is 4.20. The quantitative estimate of drug-likeness (QED) is 0.752. The van der Waals surface area contributed by atoms with Gasteiger partial charge in [-0.2, -0.15) is 0 Å². The van der Waals surface area contributed by atoms with E-state index in [-0.39, 0.29) is 11.9 Å². The van der Waals surface area contributed by atoms with Crippen molar-refractivity contribution in [3.63, 3.8) is 0 Å². The Morgan fingerprint density at radius 3 is 2.88 bits per heavy atom. The molecule has 0 aliphatic heterocycles. The predicted octanol–water partition coefficient (Wildman–Crippen LogP) is 1.28. The number of hydrogen-bond acceptors (Lipinski definition) is 4. The maximum atomic E-state index is 11.8. The molecule has 96 valence electrons. The van der Waals surface area contributed by atoms with Crippen molar-refractivity contribution in [1.29, 1.82) is 0 Å². The number of hydrogen-bond donors (Lipinski definition) is 2.